The largest absolute Gasteiger partial charge is 0.481 e. The number of amides is 1. The third kappa shape index (κ3) is 1.59. The van der Waals surface area contributed by atoms with Gasteiger partial charge in [0.15, 0.2) is 0 Å². The minimum atomic E-state index is -0.855. The van der Waals surface area contributed by atoms with Crippen molar-refractivity contribution in [3.63, 3.8) is 0 Å². The average molecular weight is 198 g/mol. The number of hydrogen-bond acceptors (Lipinski definition) is 3. The van der Waals surface area contributed by atoms with Gasteiger partial charge in [-0.15, -0.1) is 0 Å². The fourth-order valence-electron chi connectivity index (χ4n) is 2.16. The zero-order valence-corrected chi connectivity index (χ0v) is 7.90. The topological polar surface area (TPSA) is 69.6 Å². The van der Waals surface area contributed by atoms with Gasteiger partial charge >= 0.3 is 5.97 Å². The number of hydrogen-bond donors (Lipinski definition) is 2. The van der Waals surface area contributed by atoms with Crippen LogP contribution in [0, 0.1) is 5.92 Å². The molecule has 1 amide bonds. The third-order valence-electron chi connectivity index (χ3n) is 2.98. The van der Waals surface area contributed by atoms with Crippen molar-refractivity contribution in [1.29, 1.82) is 0 Å². The summed E-state index contributed by atoms with van der Waals surface area (Å²) in [6.45, 7) is 2.12. The van der Waals surface area contributed by atoms with Crippen LogP contribution in [-0.4, -0.2) is 47.6 Å². The van der Waals surface area contributed by atoms with Crippen molar-refractivity contribution in [3.8, 4) is 0 Å². The van der Waals surface area contributed by atoms with Crippen molar-refractivity contribution in [2.75, 3.05) is 19.6 Å². The summed E-state index contributed by atoms with van der Waals surface area (Å²) < 4.78 is 0. The van der Waals surface area contributed by atoms with Crippen molar-refractivity contribution in [1.82, 2.24) is 10.2 Å². The van der Waals surface area contributed by atoms with E-state index in [1.54, 1.807) is 4.90 Å². The highest BCUT2D eigenvalue weighted by atomic mass is 16.4. The van der Waals surface area contributed by atoms with Gasteiger partial charge in [-0.25, -0.2) is 0 Å². The molecule has 5 nitrogen and oxygen atoms in total. The van der Waals surface area contributed by atoms with Crippen LogP contribution in [0.1, 0.15) is 12.8 Å². The molecule has 2 rings (SSSR count). The minimum Gasteiger partial charge on any atom is -0.481 e. The summed E-state index contributed by atoms with van der Waals surface area (Å²) >= 11 is 0. The molecule has 2 aliphatic rings. The van der Waals surface area contributed by atoms with Gasteiger partial charge < -0.3 is 15.3 Å². The van der Waals surface area contributed by atoms with Gasteiger partial charge in [0.05, 0.1) is 5.92 Å². The van der Waals surface area contributed by atoms with Gasteiger partial charge in [-0.1, -0.05) is 0 Å². The fraction of sp³-hybridized carbons (Fsp3) is 0.778. The monoisotopic (exact) mass is 198 g/mol. The molecule has 2 aliphatic heterocycles. The Labute approximate surface area is 82.1 Å². The molecule has 0 aromatic carbocycles. The maximum Gasteiger partial charge on any atom is 0.308 e. The van der Waals surface area contributed by atoms with Gasteiger partial charge in [0.25, 0.3) is 0 Å². The van der Waals surface area contributed by atoms with Crippen LogP contribution in [-0.2, 0) is 9.59 Å². The average Bonchev–Trinajstić information content (AvgIpc) is 2.71. The van der Waals surface area contributed by atoms with Crippen molar-refractivity contribution in [3.05, 3.63) is 0 Å². The lowest BCUT2D eigenvalue weighted by Crippen LogP contribution is -2.38. The second-order valence-electron chi connectivity index (χ2n) is 3.93. The van der Waals surface area contributed by atoms with Crippen LogP contribution in [0.15, 0.2) is 0 Å². The molecule has 5 heteroatoms. The smallest absolute Gasteiger partial charge is 0.308 e. The number of carboxylic acid groups (broad SMARTS) is 1. The predicted octanol–water partition coefficient (Wildman–Crippen LogP) is -0.719. The Morgan fingerprint density at radius 3 is 2.86 bits per heavy atom. The highest BCUT2D eigenvalue weighted by Gasteiger charge is 2.38. The van der Waals surface area contributed by atoms with Gasteiger partial charge in [-0.05, 0) is 13.0 Å². The van der Waals surface area contributed by atoms with E-state index < -0.39 is 11.9 Å². The number of carboxylic acids is 1. The zero-order valence-electron chi connectivity index (χ0n) is 7.90. The van der Waals surface area contributed by atoms with E-state index in [9.17, 15) is 9.59 Å². The van der Waals surface area contributed by atoms with Gasteiger partial charge in [0.2, 0.25) is 5.91 Å². The number of likely N-dealkylation sites (tertiary alicyclic amines) is 1. The van der Waals surface area contributed by atoms with E-state index in [-0.39, 0.29) is 18.4 Å². The lowest BCUT2D eigenvalue weighted by molar-refractivity contribution is -0.141. The van der Waals surface area contributed by atoms with Crippen LogP contribution in [0.5, 0.6) is 0 Å². The molecule has 2 saturated heterocycles. The summed E-state index contributed by atoms with van der Waals surface area (Å²) in [5.74, 6) is -1.36. The molecule has 2 atom stereocenters. The van der Waals surface area contributed by atoms with Gasteiger partial charge in [0.1, 0.15) is 0 Å². The van der Waals surface area contributed by atoms with Crippen molar-refractivity contribution in [2.24, 2.45) is 5.92 Å². The van der Waals surface area contributed by atoms with Gasteiger partial charge in [-0.3, -0.25) is 9.59 Å². The van der Waals surface area contributed by atoms with E-state index in [0.29, 0.717) is 6.54 Å². The number of nitrogens with one attached hydrogen (secondary N) is 1. The standard InChI is InChI=1S/C9H14N2O3/c12-8-3-6(9(13)14)5-11(8)7-1-2-10-4-7/h6-7,10H,1-5H2,(H,13,14). The first-order valence-corrected chi connectivity index (χ1v) is 4.91. The molecule has 78 valence electrons. The first kappa shape index (κ1) is 9.45. The molecule has 0 aromatic heterocycles. The van der Waals surface area contributed by atoms with Crippen LogP contribution >= 0.6 is 0 Å². The first-order valence-electron chi connectivity index (χ1n) is 4.91. The summed E-state index contributed by atoms with van der Waals surface area (Å²) in [5.41, 5.74) is 0. The quantitative estimate of drug-likeness (QED) is 0.614. The maximum atomic E-state index is 11.5. The third-order valence-corrected chi connectivity index (χ3v) is 2.98. The maximum absolute atomic E-state index is 11.5. The number of nitrogens with zero attached hydrogens (tertiary/aromatic N) is 1. The molecule has 0 aromatic rings. The Morgan fingerprint density at radius 2 is 2.36 bits per heavy atom. The molecule has 2 heterocycles. The molecular weight excluding hydrogens is 184 g/mol. The molecular formula is C9H14N2O3. The minimum absolute atomic E-state index is 0.00824. The second kappa shape index (κ2) is 3.57. The Bertz CT molecular complexity index is 261. The Hall–Kier alpha value is -1.10. The van der Waals surface area contributed by atoms with Crippen molar-refractivity contribution < 1.29 is 14.7 Å². The predicted molar refractivity (Wildman–Crippen MR) is 48.7 cm³/mol. The van der Waals surface area contributed by atoms with E-state index in [0.717, 1.165) is 19.5 Å². The van der Waals surface area contributed by atoms with Gasteiger partial charge in [-0.2, -0.15) is 0 Å². The summed E-state index contributed by atoms with van der Waals surface area (Å²) in [6, 6.07) is 0.215. The van der Waals surface area contributed by atoms with Crippen LogP contribution < -0.4 is 5.32 Å². The highest BCUT2D eigenvalue weighted by Crippen LogP contribution is 2.22. The van der Waals surface area contributed by atoms with E-state index in [1.165, 1.54) is 0 Å². The van der Waals surface area contributed by atoms with Crippen LogP contribution in [0.4, 0.5) is 0 Å². The SMILES string of the molecule is O=C(O)C1CC(=O)N(C2CCNC2)C1. The number of carbonyl (C=O) groups excluding carboxylic acids is 1. The Kier molecular flexibility index (Phi) is 2.41. The second-order valence-corrected chi connectivity index (χ2v) is 3.93. The van der Waals surface area contributed by atoms with Crippen molar-refractivity contribution >= 4 is 11.9 Å². The molecule has 2 fully saturated rings. The van der Waals surface area contributed by atoms with Gasteiger partial charge in [0, 0.05) is 25.6 Å². The number of rotatable bonds is 2. The number of carbonyl (C=O) groups is 2. The van der Waals surface area contributed by atoms with E-state index in [4.69, 9.17) is 5.11 Å². The molecule has 0 spiro atoms. The molecule has 2 unspecified atom stereocenters. The van der Waals surface area contributed by atoms with E-state index in [1.807, 2.05) is 0 Å². The molecule has 0 saturated carbocycles. The molecule has 0 aliphatic carbocycles. The lowest BCUT2D eigenvalue weighted by atomic mass is 10.1. The fourth-order valence-corrected chi connectivity index (χ4v) is 2.16. The Balaban J connectivity index is 2.00. The van der Waals surface area contributed by atoms with E-state index in [2.05, 4.69) is 5.32 Å². The first-order chi connectivity index (χ1) is 6.68. The van der Waals surface area contributed by atoms with Crippen LogP contribution in [0.2, 0.25) is 0 Å². The van der Waals surface area contributed by atoms with Crippen LogP contribution in [0.25, 0.3) is 0 Å². The summed E-state index contributed by atoms with van der Waals surface area (Å²) in [6.07, 6.45) is 1.11. The molecule has 2 N–H and O–H groups in total. The lowest BCUT2D eigenvalue weighted by Gasteiger charge is -2.22. The zero-order chi connectivity index (χ0) is 10.1. The summed E-state index contributed by atoms with van der Waals surface area (Å²) in [4.78, 5) is 23.9. The summed E-state index contributed by atoms with van der Waals surface area (Å²) in [5, 5.41) is 12.0. The van der Waals surface area contributed by atoms with Crippen molar-refractivity contribution in [2.45, 2.75) is 18.9 Å². The molecule has 0 bridgehead atoms. The normalized spacial score (nSPS) is 32.6. The van der Waals surface area contributed by atoms with Crippen LogP contribution in [0.3, 0.4) is 0 Å². The van der Waals surface area contributed by atoms with E-state index >= 15 is 0 Å². The highest BCUT2D eigenvalue weighted by molar-refractivity contribution is 5.86. The Morgan fingerprint density at radius 1 is 1.57 bits per heavy atom. The molecule has 0 radical (unpaired) electrons. The molecule has 14 heavy (non-hydrogen) atoms. The number of aliphatic carboxylic acids is 1. The summed E-state index contributed by atoms with van der Waals surface area (Å²) in [7, 11) is 0.